The number of rotatable bonds is 10. The number of hydrogen-bond donors (Lipinski definition) is 0. The average molecular weight is 719 g/mol. The monoisotopic (exact) mass is 718 g/mol. The highest BCUT2D eigenvalue weighted by molar-refractivity contribution is 7.91. The third-order valence-electron chi connectivity index (χ3n) is 10.2. The topological polar surface area (TPSA) is 23.1 Å². The van der Waals surface area contributed by atoms with Crippen molar-refractivity contribution in [3.8, 4) is 0 Å². The molecule has 250 valence electrons. The normalized spacial score (nSPS) is 11.7. The summed E-state index contributed by atoms with van der Waals surface area (Å²) in [5, 5.41) is 10.4. The molecular weight excluding hydrogens is 681 g/mol. The second-order valence-corrected chi connectivity index (χ2v) is 22.1. The van der Waals surface area contributed by atoms with Crippen molar-refractivity contribution in [3.05, 3.63) is 231 Å². The predicted molar refractivity (Wildman–Crippen MR) is 225 cm³/mol. The van der Waals surface area contributed by atoms with E-state index in [4.69, 9.17) is 0 Å². The molecule has 4 heteroatoms. The van der Waals surface area contributed by atoms with Gasteiger partial charge in [0, 0.05) is 11.2 Å². The van der Waals surface area contributed by atoms with Crippen molar-refractivity contribution >= 4 is 68.8 Å². The molecule has 0 aromatic heterocycles. The SMILES string of the molecule is [O-][S+](c1ccc([Si](c2ccccc2)(c2ccccc2)c2ccccc2)cc1)c1ccc([Si](c2ccccc2)(c2ccccc2)c2ccccc2)cc1. The highest BCUT2D eigenvalue weighted by Crippen LogP contribution is 2.21. The molecule has 8 rings (SSSR count). The number of benzene rings is 8. The maximum absolute atomic E-state index is 14.3. The van der Waals surface area contributed by atoms with Gasteiger partial charge in [-0.05, 0) is 65.8 Å². The Kier molecular flexibility index (Phi) is 9.71. The van der Waals surface area contributed by atoms with Crippen LogP contribution < -0.4 is 41.5 Å². The molecule has 8 aromatic rings. The lowest BCUT2D eigenvalue weighted by Gasteiger charge is -2.34. The van der Waals surface area contributed by atoms with Gasteiger partial charge in [-0.15, -0.1) is 0 Å². The van der Waals surface area contributed by atoms with Crippen LogP contribution in [-0.2, 0) is 11.2 Å². The Labute approximate surface area is 312 Å². The minimum absolute atomic E-state index is 0.797. The Hall–Kier alpha value is -5.50. The highest BCUT2D eigenvalue weighted by atomic mass is 32.2. The molecule has 0 bridgehead atoms. The Morgan fingerprint density at radius 2 is 0.404 bits per heavy atom. The molecule has 0 N–H and O–H groups in total. The van der Waals surface area contributed by atoms with E-state index in [-0.39, 0.29) is 0 Å². The van der Waals surface area contributed by atoms with Crippen LogP contribution in [0, 0.1) is 0 Å². The number of hydrogen-bond acceptors (Lipinski definition) is 1. The van der Waals surface area contributed by atoms with Crippen molar-refractivity contribution in [2.24, 2.45) is 0 Å². The Balaban J connectivity index is 1.21. The lowest BCUT2D eigenvalue weighted by molar-refractivity contribution is 0.595. The predicted octanol–water partition coefficient (Wildman–Crippen LogP) is 5.61. The van der Waals surface area contributed by atoms with Gasteiger partial charge in [0.2, 0.25) is 0 Å². The quantitative estimate of drug-likeness (QED) is 0.103. The van der Waals surface area contributed by atoms with Crippen molar-refractivity contribution in [2.75, 3.05) is 0 Å². The van der Waals surface area contributed by atoms with Gasteiger partial charge in [-0.1, -0.05) is 206 Å². The summed E-state index contributed by atoms with van der Waals surface area (Å²) in [6.45, 7) is 0. The molecule has 0 radical (unpaired) electrons. The van der Waals surface area contributed by atoms with Crippen molar-refractivity contribution < 1.29 is 4.55 Å². The van der Waals surface area contributed by atoms with E-state index in [1.807, 2.05) is 0 Å². The fraction of sp³-hybridized carbons (Fsp3) is 0. The summed E-state index contributed by atoms with van der Waals surface area (Å²) in [7, 11) is -5.31. The van der Waals surface area contributed by atoms with E-state index < -0.39 is 27.3 Å². The molecule has 0 aliphatic rings. The van der Waals surface area contributed by atoms with Crippen molar-refractivity contribution in [1.29, 1.82) is 0 Å². The molecule has 0 fully saturated rings. The first kappa shape index (κ1) is 33.6. The van der Waals surface area contributed by atoms with Gasteiger partial charge in [-0.25, -0.2) is 0 Å². The van der Waals surface area contributed by atoms with E-state index in [1.165, 1.54) is 41.5 Å². The summed E-state index contributed by atoms with van der Waals surface area (Å²) in [5.74, 6) is 0. The molecule has 0 aliphatic heterocycles. The lowest BCUT2D eigenvalue weighted by atomic mass is 10.3. The van der Waals surface area contributed by atoms with Gasteiger partial charge in [-0.2, -0.15) is 0 Å². The Morgan fingerprint density at radius 3 is 0.596 bits per heavy atom. The van der Waals surface area contributed by atoms with E-state index in [9.17, 15) is 4.55 Å². The summed E-state index contributed by atoms with van der Waals surface area (Å²) in [6, 6.07) is 82.6. The summed E-state index contributed by atoms with van der Waals surface area (Å²) < 4.78 is 14.3. The maximum Gasteiger partial charge on any atom is 0.179 e. The van der Waals surface area contributed by atoms with Gasteiger partial charge in [0.05, 0.1) is 0 Å². The fourth-order valence-corrected chi connectivity index (χ4v) is 18.4. The minimum Gasteiger partial charge on any atom is -0.606 e. The van der Waals surface area contributed by atoms with Crippen LogP contribution in [0.15, 0.2) is 240 Å². The Bertz CT molecular complexity index is 1960. The van der Waals surface area contributed by atoms with E-state index >= 15 is 0 Å². The second kappa shape index (κ2) is 15.0. The van der Waals surface area contributed by atoms with Gasteiger partial charge in [0.25, 0.3) is 0 Å². The first-order chi connectivity index (χ1) is 25.7. The summed E-state index contributed by atoms with van der Waals surface area (Å²) in [5.41, 5.74) is 0. The molecule has 0 saturated heterocycles. The summed E-state index contributed by atoms with van der Waals surface area (Å²) in [6.07, 6.45) is 0. The molecule has 0 atom stereocenters. The maximum atomic E-state index is 14.3. The summed E-state index contributed by atoms with van der Waals surface area (Å²) in [4.78, 5) is 1.59. The Morgan fingerprint density at radius 1 is 0.231 bits per heavy atom. The molecular formula is C48H38OSSi2. The van der Waals surface area contributed by atoms with E-state index in [0.29, 0.717) is 0 Å². The van der Waals surface area contributed by atoms with Crippen LogP contribution in [0.25, 0.3) is 0 Å². The van der Waals surface area contributed by atoms with Crippen molar-refractivity contribution in [1.82, 2.24) is 0 Å². The van der Waals surface area contributed by atoms with Crippen LogP contribution in [0.2, 0.25) is 0 Å². The zero-order chi connectivity index (χ0) is 35.2. The minimum atomic E-state index is -2.66. The van der Waals surface area contributed by atoms with Gasteiger partial charge in [0.1, 0.15) is 0 Å². The van der Waals surface area contributed by atoms with Gasteiger partial charge < -0.3 is 4.55 Å². The molecule has 0 spiro atoms. The highest BCUT2D eigenvalue weighted by Gasteiger charge is 2.43. The van der Waals surface area contributed by atoms with E-state index in [1.54, 1.807) is 0 Å². The van der Waals surface area contributed by atoms with Crippen LogP contribution in [0.5, 0.6) is 0 Å². The standard InChI is InChI=1S/C48H38OSSi2/c49-50(39-31-35-47(36-32-39)51(41-19-7-1-8-20-41,42-21-9-2-10-22-42)43-23-11-3-12-24-43)40-33-37-48(38-34-40)52(44-25-13-4-14-26-44,45-27-15-5-16-28-45)46-29-17-6-18-30-46/h1-38H. The van der Waals surface area contributed by atoms with Crippen LogP contribution in [0.1, 0.15) is 0 Å². The third-order valence-corrected chi connectivity index (χ3v) is 21.2. The van der Waals surface area contributed by atoms with Crippen LogP contribution in [-0.4, -0.2) is 20.7 Å². The molecule has 0 aliphatic carbocycles. The zero-order valence-corrected chi connectivity index (χ0v) is 31.6. The third kappa shape index (κ3) is 6.00. The van der Waals surface area contributed by atoms with Crippen LogP contribution in [0.4, 0.5) is 0 Å². The molecule has 8 aromatic carbocycles. The van der Waals surface area contributed by atoms with Crippen LogP contribution in [0.3, 0.4) is 0 Å². The molecule has 52 heavy (non-hydrogen) atoms. The van der Waals surface area contributed by atoms with Crippen molar-refractivity contribution in [3.63, 3.8) is 0 Å². The smallest absolute Gasteiger partial charge is 0.179 e. The lowest BCUT2D eigenvalue weighted by Crippen LogP contribution is -2.74. The first-order valence-corrected chi connectivity index (χ1v) is 22.8. The van der Waals surface area contributed by atoms with E-state index in [0.717, 1.165) is 9.79 Å². The van der Waals surface area contributed by atoms with Gasteiger partial charge in [-0.3, -0.25) is 0 Å². The van der Waals surface area contributed by atoms with Gasteiger partial charge in [0.15, 0.2) is 25.9 Å². The molecule has 0 heterocycles. The molecule has 0 saturated carbocycles. The largest absolute Gasteiger partial charge is 0.606 e. The molecule has 1 nitrogen and oxygen atoms in total. The fourth-order valence-electron chi connectivity index (χ4n) is 7.92. The van der Waals surface area contributed by atoms with Crippen LogP contribution >= 0.6 is 0 Å². The second-order valence-electron chi connectivity index (χ2n) is 13.0. The van der Waals surface area contributed by atoms with E-state index in [2.05, 4.69) is 231 Å². The average Bonchev–Trinajstić information content (AvgIpc) is 3.24. The zero-order valence-electron chi connectivity index (χ0n) is 28.8. The van der Waals surface area contributed by atoms with Crippen molar-refractivity contribution in [2.45, 2.75) is 9.79 Å². The van der Waals surface area contributed by atoms with Gasteiger partial charge >= 0.3 is 0 Å². The molecule has 0 amide bonds. The first-order valence-electron chi connectivity index (χ1n) is 17.7. The molecule has 0 unspecified atom stereocenters. The summed E-state index contributed by atoms with van der Waals surface area (Å²) >= 11 is -1.35.